The molecule has 29 heavy (non-hydrogen) atoms. The first-order valence-corrected chi connectivity index (χ1v) is 9.50. The molecule has 0 aliphatic carbocycles. The molecule has 0 saturated heterocycles. The lowest BCUT2D eigenvalue weighted by Crippen LogP contribution is -2.31. The summed E-state index contributed by atoms with van der Waals surface area (Å²) in [7, 11) is 0. The molecular weight excluding hydrogens is 388 g/mol. The van der Waals surface area contributed by atoms with Crippen molar-refractivity contribution in [1.82, 2.24) is 9.55 Å². The lowest BCUT2D eigenvalue weighted by Gasteiger charge is -2.11. The normalized spacial score (nSPS) is 11.0. The van der Waals surface area contributed by atoms with Gasteiger partial charge in [-0.1, -0.05) is 6.07 Å². The van der Waals surface area contributed by atoms with Gasteiger partial charge in [-0.25, -0.2) is 9.36 Å². The molecule has 0 radical (unpaired) electrons. The predicted molar refractivity (Wildman–Crippen MR) is 114 cm³/mol. The second kappa shape index (κ2) is 8.20. The average Bonchev–Trinajstić information content (AvgIpc) is 2.66. The van der Waals surface area contributed by atoms with Crippen LogP contribution in [0.4, 0.5) is 5.69 Å². The molecule has 3 rings (SSSR count). The van der Waals surface area contributed by atoms with E-state index in [-0.39, 0.29) is 5.56 Å². The number of nitriles is 1. The molecule has 0 amide bonds. The number of H-pyrrole nitrogens is 1. The molecule has 8 heteroatoms. The first kappa shape index (κ1) is 20.2. The third-order valence-electron chi connectivity index (χ3n) is 4.53. The van der Waals surface area contributed by atoms with Gasteiger partial charge in [0, 0.05) is 11.1 Å². The van der Waals surface area contributed by atoms with E-state index in [1.807, 2.05) is 32.2 Å². The van der Waals surface area contributed by atoms with Gasteiger partial charge in [0.15, 0.2) is 0 Å². The number of hydrogen-bond acceptors (Lipinski definition) is 6. The minimum absolute atomic E-state index is 0.127. The van der Waals surface area contributed by atoms with Gasteiger partial charge in [-0.2, -0.15) is 5.26 Å². The molecule has 1 heterocycles. The van der Waals surface area contributed by atoms with Gasteiger partial charge in [0.2, 0.25) is 5.88 Å². The predicted octanol–water partition coefficient (Wildman–Crippen LogP) is 3.48. The van der Waals surface area contributed by atoms with Crippen molar-refractivity contribution in [2.24, 2.45) is 4.99 Å². The fourth-order valence-corrected chi connectivity index (χ4v) is 3.26. The van der Waals surface area contributed by atoms with Gasteiger partial charge in [-0.15, -0.1) is 0 Å². The Morgan fingerprint density at radius 3 is 2.52 bits per heavy atom. The highest BCUT2D eigenvalue weighted by Crippen LogP contribution is 2.25. The Morgan fingerprint density at radius 2 is 1.86 bits per heavy atom. The Kier molecular flexibility index (Phi) is 5.71. The zero-order valence-electron chi connectivity index (χ0n) is 16.1. The van der Waals surface area contributed by atoms with Crippen LogP contribution in [-0.2, 0) is 0 Å². The lowest BCUT2D eigenvalue weighted by atomic mass is 10.1. The maximum atomic E-state index is 12.3. The zero-order chi connectivity index (χ0) is 21.1. The summed E-state index contributed by atoms with van der Waals surface area (Å²) in [6.07, 6.45) is 1.23. The van der Waals surface area contributed by atoms with E-state index in [4.69, 9.17) is 5.26 Å². The molecule has 1 aromatic heterocycles. The molecule has 2 aromatic carbocycles. The van der Waals surface area contributed by atoms with Crippen LogP contribution in [0.1, 0.15) is 22.3 Å². The number of nitrogens with zero attached hydrogens (tertiary/aromatic N) is 3. The van der Waals surface area contributed by atoms with Crippen molar-refractivity contribution in [3.05, 3.63) is 79.5 Å². The molecule has 0 aliphatic heterocycles. The monoisotopic (exact) mass is 406 g/mol. The Morgan fingerprint density at radius 1 is 1.10 bits per heavy atom. The molecule has 2 N–H and O–H groups in total. The van der Waals surface area contributed by atoms with Crippen LogP contribution in [0.5, 0.6) is 5.88 Å². The molecule has 0 unspecified atom stereocenters. The van der Waals surface area contributed by atoms with Crippen LogP contribution in [0, 0.1) is 31.4 Å². The third kappa shape index (κ3) is 4.15. The molecule has 146 valence electrons. The van der Waals surface area contributed by atoms with Gasteiger partial charge < -0.3 is 5.11 Å². The minimum atomic E-state index is -0.734. The topological polar surface area (TPSA) is 111 Å². The fraction of sp³-hybridized carbons (Fsp3) is 0.143. The van der Waals surface area contributed by atoms with Crippen LogP contribution in [0.3, 0.4) is 0 Å². The SMILES string of the molecule is Cc1ccc(-n2c(O)c(C=Nc3ccc(SC#N)cc3C)c(=O)[nH]c2=O)cc1C. The molecule has 7 nitrogen and oxygen atoms in total. The van der Waals surface area contributed by atoms with E-state index in [9.17, 15) is 14.7 Å². The molecule has 3 aromatic rings. The largest absolute Gasteiger partial charge is 0.493 e. The molecule has 0 saturated carbocycles. The zero-order valence-corrected chi connectivity index (χ0v) is 16.9. The first-order chi connectivity index (χ1) is 13.8. The second-order valence-electron chi connectivity index (χ2n) is 6.50. The van der Waals surface area contributed by atoms with Crippen LogP contribution in [0.25, 0.3) is 5.69 Å². The number of aliphatic imine (C=N–C) groups is 1. The van der Waals surface area contributed by atoms with E-state index < -0.39 is 17.1 Å². The van der Waals surface area contributed by atoms with Crippen molar-refractivity contribution in [2.45, 2.75) is 25.7 Å². The lowest BCUT2D eigenvalue weighted by molar-refractivity contribution is 0.430. The number of nitrogens with one attached hydrogen (secondary N) is 1. The van der Waals surface area contributed by atoms with E-state index >= 15 is 0 Å². The number of thiocyanates is 1. The maximum Gasteiger partial charge on any atom is 0.335 e. The summed E-state index contributed by atoms with van der Waals surface area (Å²) in [5, 5.41) is 21.4. The van der Waals surface area contributed by atoms with Crippen molar-refractivity contribution in [2.75, 3.05) is 0 Å². The maximum absolute atomic E-state index is 12.3. The van der Waals surface area contributed by atoms with E-state index in [2.05, 4.69) is 9.98 Å². The van der Waals surface area contributed by atoms with Gasteiger partial charge in [-0.05, 0) is 79.6 Å². The number of hydrogen-bond donors (Lipinski definition) is 2. The molecule has 0 fully saturated rings. The summed E-state index contributed by atoms with van der Waals surface area (Å²) < 4.78 is 1.04. The van der Waals surface area contributed by atoms with Crippen LogP contribution in [0.15, 0.2) is 55.9 Å². The number of benzene rings is 2. The number of thioether (sulfide) groups is 1. The minimum Gasteiger partial charge on any atom is -0.493 e. The average molecular weight is 406 g/mol. The Balaban J connectivity index is 2.08. The summed E-state index contributed by atoms with van der Waals surface area (Å²) in [5.74, 6) is -0.486. The van der Waals surface area contributed by atoms with Crippen LogP contribution in [0.2, 0.25) is 0 Å². The number of rotatable bonds is 4. The Bertz CT molecular complexity index is 1280. The molecule has 0 atom stereocenters. The van der Waals surface area contributed by atoms with E-state index in [1.165, 1.54) is 6.21 Å². The fourth-order valence-electron chi connectivity index (χ4n) is 2.78. The number of aryl methyl sites for hydroxylation is 3. The highest BCUT2D eigenvalue weighted by Gasteiger charge is 2.15. The highest BCUT2D eigenvalue weighted by molar-refractivity contribution is 8.03. The quantitative estimate of drug-likeness (QED) is 0.391. The van der Waals surface area contributed by atoms with Crippen molar-refractivity contribution in [3.63, 3.8) is 0 Å². The summed E-state index contributed by atoms with van der Waals surface area (Å²) in [6, 6.07) is 10.5. The number of aromatic amines is 1. The van der Waals surface area contributed by atoms with Crippen molar-refractivity contribution >= 4 is 23.7 Å². The Labute approximate surface area is 171 Å². The van der Waals surface area contributed by atoms with Crippen LogP contribution < -0.4 is 11.2 Å². The van der Waals surface area contributed by atoms with Gasteiger partial charge >= 0.3 is 5.69 Å². The molecule has 0 bridgehead atoms. The van der Waals surface area contributed by atoms with Crippen molar-refractivity contribution in [3.8, 4) is 17.0 Å². The summed E-state index contributed by atoms with van der Waals surface area (Å²) in [5.41, 5.74) is 2.22. The van der Waals surface area contributed by atoms with Crippen molar-refractivity contribution in [1.29, 1.82) is 5.26 Å². The standard InChI is InChI=1S/C21H18N4O3S/c1-12-4-5-15(8-13(12)2)25-20(27)17(19(26)24-21(25)28)10-23-18-7-6-16(29-11-22)9-14(18)3/h4-10,27H,1-3H3,(H,24,26,28). The summed E-state index contributed by atoms with van der Waals surface area (Å²) in [6.45, 7) is 5.66. The van der Waals surface area contributed by atoms with Crippen molar-refractivity contribution < 1.29 is 5.11 Å². The first-order valence-electron chi connectivity index (χ1n) is 8.68. The van der Waals surface area contributed by atoms with Gasteiger partial charge in [0.25, 0.3) is 5.56 Å². The second-order valence-corrected chi connectivity index (χ2v) is 7.36. The molecular formula is C21H18N4O3S. The van der Waals surface area contributed by atoms with Crippen LogP contribution >= 0.6 is 11.8 Å². The van der Waals surface area contributed by atoms with E-state index in [0.717, 1.165) is 37.9 Å². The highest BCUT2D eigenvalue weighted by atomic mass is 32.2. The Hall–Kier alpha value is -3.57. The summed E-state index contributed by atoms with van der Waals surface area (Å²) in [4.78, 5) is 31.8. The van der Waals surface area contributed by atoms with E-state index in [0.29, 0.717) is 11.4 Å². The van der Waals surface area contributed by atoms with E-state index in [1.54, 1.807) is 30.3 Å². The summed E-state index contributed by atoms with van der Waals surface area (Å²) >= 11 is 1.04. The third-order valence-corrected chi connectivity index (χ3v) is 5.11. The number of aromatic nitrogens is 2. The van der Waals surface area contributed by atoms with Gasteiger partial charge in [0.1, 0.15) is 11.0 Å². The van der Waals surface area contributed by atoms with Gasteiger partial charge in [-0.3, -0.25) is 14.8 Å². The molecule has 0 spiro atoms. The smallest absolute Gasteiger partial charge is 0.335 e. The van der Waals surface area contributed by atoms with Crippen LogP contribution in [-0.4, -0.2) is 20.9 Å². The molecule has 0 aliphatic rings. The number of aromatic hydroxyl groups is 1. The van der Waals surface area contributed by atoms with Gasteiger partial charge in [0.05, 0.1) is 11.4 Å².